The fourth-order valence-corrected chi connectivity index (χ4v) is 3.57. The molecule has 0 spiro atoms. The van der Waals surface area contributed by atoms with Gasteiger partial charge in [-0.3, -0.25) is 9.59 Å². The molecule has 1 fully saturated rings. The number of carbonyl (C=O) groups is 2. The summed E-state index contributed by atoms with van der Waals surface area (Å²) in [6.45, 7) is 3.24. The SMILES string of the molecule is Cc1oc2ccc(C3CCCC(F)(F)C3)cc2c1C(=O)NC(C)CO.NC=O. The first-order valence-electron chi connectivity index (χ1n) is 9.20. The van der Waals surface area contributed by atoms with Crippen LogP contribution in [0.2, 0.25) is 0 Å². The molecule has 1 aliphatic rings. The summed E-state index contributed by atoms with van der Waals surface area (Å²) in [5.41, 5.74) is 5.95. The van der Waals surface area contributed by atoms with Crippen LogP contribution in [0.5, 0.6) is 0 Å². The third-order valence-electron chi connectivity index (χ3n) is 4.88. The number of furan rings is 1. The monoisotopic (exact) mass is 396 g/mol. The van der Waals surface area contributed by atoms with Crippen molar-refractivity contribution >= 4 is 23.3 Å². The normalized spacial score (nSPS) is 19.4. The molecular formula is C20H26F2N2O4. The van der Waals surface area contributed by atoms with Crippen molar-refractivity contribution in [2.24, 2.45) is 5.73 Å². The lowest BCUT2D eigenvalue weighted by Crippen LogP contribution is -2.35. The average Bonchev–Trinajstić information content (AvgIpc) is 2.96. The number of nitrogens with one attached hydrogen (secondary N) is 1. The molecule has 1 heterocycles. The highest BCUT2D eigenvalue weighted by Gasteiger charge is 2.37. The number of primary amides is 1. The molecule has 1 aliphatic carbocycles. The Morgan fingerprint density at radius 1 is 1.50 bits per heavy atom. The van der Waals surface area contributed by atoms with Crippen LogP contribution in [-0.4, -0.2) is 36.0 Å². The van der Waals surface area contributed by atoms with Crippen molar-refractivity contribution < 1.29 is 27.9 Å². The number of aliphatic hydroxyl groups is 1. The zero-order chi connectivity index (χ0) is 20.9. The Morgan fingerprint density at radius 2 is 2.18 bits per heavy atom. The molecule has 1 saturated carbocycles. The first-order chi connectivity index (χ1) is 13.2. The summed E-state index contributed by atoms with van der Waals surface area (Å²) < 4.78 is 33.1. The van der Waals surface area contributed by atoms with Gasteiger partial charge in [-0.1, -0.05) is 6.07 Å². The van der Waals surface area contributed by atoms with Gasteiger partial charge in [-0.15, -0.1) is 0 Å². The second kappa shape index (κ2) is 9.14. The number of benzene rings is 1. The lowest BCUT2D eigenvalue weighted by Gasteiger charge is -2.29. The van der Waals surface area contributed by atoms with Gasteiger partial charge in [0.05, 0.1) is 12.2 Å². The molecule has 0 aliphatic heterocycles. The van der Waals surface area contributed by atoms with Gasteiger partial charge >= 0.3 is 0 Å². The van der Waals surface area contributed by atoms with Crippen molar-refractivity contribution in [3.63, 3.8) is 0 Å². The standard InChI is InChI=1S/C19H23F2NO3.CH3NO/c1-11(10-23)22-18(24)17-12(2)25-16-6-5-13(8-15(16)17)14-4-3-7-19(20,21)9-14;2-1-3/h5-6,8,11,14,23H,3-4,7,9-10H2,1-2H3,(H,22,24);1H,(H2,2,3). The van der Waals surface area contributed by atoms with Gasteiger partial charge in [-0.05, 0) is 50.3 Å². The van der Waals surface area contributed by atoms with Gasteiger partial charge in [-0.25, -0.2) is 8.78 Å². The van der Waals surface area contributed by atoms with Crippen molar-refractivity contribution in [3.8, 4) is 0 Å². The van der Waals surface area contributed by atoms with Crippen molar-refractivity contribution in [2.75, 3.05) is 6.61 Å². The lowest BCUT2D eigenvalue weighted by atomic mass is 9.81. The number of aliphatic hydroxyl groups excluding tert-OH is 1. The zero-order valence-corrected chi connectivity index (χ0v) is 16.0. The minimum Gasteiger partial charge on any atom is -0.461 e. The van der Waals surface area contributed by atoms with Gasteiger partial charge in [-0.2, -0.15) is 0 Å². The van der Waals surface area contributed by atoms with Gasteiger partial charge < -0.3 is 20.6 Å². The van der Waals surface area contributed by atoms with E-state index in [4.69, 9.17) is 14.3 Å². The number of amides is 2. The van der Waals surface area contributed by atoms with Crippen LogP contribution in [0.1, 0.15) is 60.2 Å². The second-order valence-electron chi connectivity index (χ2n) is 7.13. The molecule has 2 atom stereocenters. The maximum absolute atomic E-state index is 13.7. The molecule has 1 aromatic heterocycles. The largest absolute Gasteiger partial charge is 0.461 e. The Hall–Kier alpha value is -2.48. The minimum atomic E-state index is -2.62. The molecule has 0 bridgehead atoms. The lowest BCUT2D eigenvalue weighted by molar-refractivity contribution is -0.106. The van der Waals surface area contributed by atoms with Crippen LogP contribution in [0.15, 0.2) is 22.6 Å². The predicted octanol–water partition coefficient (Wildman–Crippen LogP) is 3.25. The number of nitrogens with two attached hydrogens (primary N) is 1. The second-order valence-corrected chi connectivity index (χ2v) is 7.13. The summed E-state index contributed by atoms with van der Waals surface area (Å²) in [4.78, 5) is 21.1. The van der Waals surface area contributed by atoms with E-state index in [2.05, 4.69) is 11.1 Å². The van der Waals surface area contributed by atoms with E-state index < -0.39 is 5.92 Å². The summed E-state index contributed by atoms with van der Waals surface area (Å²) in [6, 6.07) is 4.99. The van der Waals surface area contributed by atoms with Gasteiger partial charge in [0, 0.05) is 24.3 Å². The minimum absolute atomic E-state index is 0.0523. The van der Waals surface area contributed by atoms with Crippen LogP contribution >= 0.6 is 0 Å². The molecular weight excluding hydrogens is 370 g/mol. The van der Waals surface area contributed by atoms with E-state index in [1.165, 1.54) is 0 Å². The number of fused-ring (bicyclic) bond motifs is 1. The molecule has 4 N–H and O–H groups in total. The van der Waals surface area contributed by atoms with Crippen molar-refractivity contribution in [2.45, 2.75) is 57.4 Å². The van der Waals surface area contributed by atoms with Crippen LogP contribution in [0.25, 0.3) is 11.0 Å². The Labute approximate surface area is 162 Å². The Bertz CT molecular complexity index is 835. The number of carbonyl (C=O) groups excluding carboxylic acids is 2. The first-order valence-corrected chi connectivity index (χ1v) is 9.20. The van der Waals surface area contributed by atoms with Gasteiger partial charge in [0.25, 0.3) is 5.91 Å². The van der Waals surface area contributed by atoms with E-state index in [1.54, 1.807) is 26.0 Å². The van der Waals surface area contributed by atoms with E-state index in [0.717, 1.165) is 12.0 Å². The number of hydrogen-bond donors (Lipinski definition) is 3. The van der Waals surface area contributed by atoms with Crippen LogP contribution in [0.3, 0.4) is 0 Å². The number of hydrogen-bond acceptors (Lipinski definition) is 4. The molecule has 2 amide bonds. The van der Waals surface area contributed by atoms with Crippen LogP contribution in [-0.2, 0) is 4.79 Å². The Kier molecular flexibility index (Phi) is 7.12. The van der Waals surface area contributed by atoms with Gasteiger partial charge in [0.2, 0.25) is 12.3 Å². The topological polar surface area (TPSA) is 106 Å². The highest BCUT2D eigenvalue weighted by Crippen LogP contribution is 2.42. The van der Waals surface area contributed by atoms with E-state index in [1.807, 2.05) is 6.07 Å². The third kappa shape index (κ3) is 5.07. The van der Waals surface area contributed by atoms with Crippen LogP contribution < -0.4 is 11.1 Å². The fourth-order valence-electron chi connectivity index (χ4n) is 3.57. The highest BCUT2D eigenvalue weighted by atomic mass is 19.3. The highest BCUT2D eigenvalue weighted by molar-refractivity contribution is 6.07. The number of halogens is 2. The molecule has 8 heteroatoms. The summed E-state index contributed by atoms with van der Waals surface area (Å²) in [5.74, 6) is -2.69. The molecule has 154 valence electrons. The van der Waals surface area contributed by atoms with E-state index in [0.29, 0.717) is 28.7 Å². The summed E-state index contributed by atoms with van der Waals surface area (Å²) in [6.07, 6.45) is 1.27. The Balaban J connectivity index is 0.000000878. The average molecular weight is 396 g/mol. The number of aryl methyl sites for hydroxylation is 1. The Morgan fingerprint density at radius 3 is 2.79 bits per heavy atom. The number of alkyl halides is 2. The summed E-state index contributed by atoms with van der Waals surface area (Å²) in [5, 5.41) is 12.5. The first kappa shape index (κ1) is 21.8. The molecule has 0 radical (unpaired) electrons. The van der Waals surface area contributed by atoms with Gasteiger partial charge in [0.1, 0.15) is 11.3 Å². The molecule has 2 aromatic rings. The third-order valence-corrected chi connectivity index (χ3v) is 4.88. The quantitative estimate of drug-likeness (QED) is 0.690. The van der Waals surface area contributed by atoms with Crippen molar-refractivity contribution in [1.82, 2.24) is 5.32 Å². The van der Waals surface area contributed by atoms with Crippen molar-refractivity contribution in [3.05, 3.63) is 35.1 Å². The molecule has 6 nitrogen and oxygen atoms in total. The molecule has 28 heavy (non-hydrogen) atoms. The van der Waals surface area contributed by atoms with Crippen LogP contribution in [0.4, 0.5) is 8.78 Å². The zero-order valence-electron chi connectivity index (χ0n) is 16.0. The van der Waals surface area contributed by atoms with E-state index in [9.17, 15) is 13.6 Å². The smallest absolute Gasteiger partial charge is 0.255 e. The van der Waals surface area contributed by atoms with E-state index in [-0.39, 0.29) is 43.7 Å². The fraction of sp³-hybridized carbons (Fsp3) is 0.500. The maximum atomic E-state index is 13.7. The molecule has 0 saturated heterocycles. The summed E-state index contributed by atoms with van der Waals surface area (Å²) >= 11 is 0. The van der Waals surface area contributed by atoms with E-state index >= 15 is 0 Å². The van der Waals surface area contributed by atoms with Crippen LogP contribution in [0, 0.1) is 6.92 Å². The maximum Gasteiger partial charge on any atom is 0.255 e. The van der Waals surface area contributed by atoms with Crippen molar-refractivity contribution in [1.29, 1.82) is 0 Å². The van der Waals surface area contributed by atoms with Gasteiger partial charge in [0.15, 0.2) is 0 Å². The number of rotatable bonds is 4. The molecule has 1 aromatic carbocycles. The molecule has 2 unspecified atom stereocenters. The summed E-state index contributed by atoms with van der Waals surface area (Å²) in [7, 11) is 0. The molecule has 3 rings (SSSR count). The predicted molar refractivity (Wildman–Crippen MR) is 101 cm³/mol.